The third-order valence-corrected chi connectivity index (χ3v) is 7.89. The first-order valence-electron chi connectivity index (χ1n) is 16.3. The van der Waals surface area contributed by atoms with Crippen LogP contribution in [-0.2, 0) is 0 Å². The lowest BCUT2D eigenvalue weighted by Gasteiger charge is -2.11. The second-order valence-electron chi connectivity index (χ2n) is 11.6. The first-order valence-corrected chi connectivity index (χ1v) is 16.3. The van der Waals surface area contributed by atoms with Gasteiger partial charge in [0, 0.05) is 11.4 Å². The summed E-state index contributed by atoms with van der Waals surface area (Å²) < 4.78 is 46.2. The summed E-state index contributed by atoms with van der Waals surface area (Å²) in [7, 11) is 1.62. The highest BCUT2D eigenvalue weighted by Gasteiger charge is 2.31. The number of amides is 2. The van der Waals surface area contributed by atoms with E-state index in [1.165, 1.54) is 48.5 Å². The lowest BCUT2D eigenvalue weighted by Crippen LogP contribution is -2.17. The number of methoxy groups -OCH3 is 1. The number of nitrogens with one attached hydrogen (secondary N) is 2. The number of anilines is 2. The Balaban J connectivity index is 0.000000212. The van der Waals surface area contributed by atoms with Gasteiger partial charge in [0.15, 0.2) is 0 Å². The van der Waals surface area contributed by atoms with Crippen molar-refractivity contribution in [3.05, 3.63) is 168 Å². The summed E-state index contributed by atoms with van der Waals surface area (Å²) in [6, 6.07) is 38.8. The molecule has 0 bridgehead atoms. The molecule has 10 nitrogen and oxygen atoms in total. The Morgan fingerprint density at radius 1 is 0.491 bits per heavy atom. The van der Waals surface area contributed by atoms with Crippen LogP contribution in [0.1, 0.15) is 41.4 Å². The molecular weight excluding hydrogens is 717 g/mol. The van der Waals surface area contributed by atoms with Crippen molar-refractivity contribution >= 4 is 35.1 Å². The second kappa shape index (κ2) is 17.4. The van der Waals surface area contributed by atoms with Crippen molar-refractivity contribution in [2.75, 3.05) is 17.7 Å². The fourth-order valence-electron chi connectivity index (χ4n) is 5.30. The van der Waals surface area contributed by atoms with Crippen molar-refractivity contribution in [1.29, 1.82) is 0 Å². The van der Waals surface area contributed by atoms with Gasteiger partial charge >= 0.3 is 18.3 Å². The highest BCUT2D eigenvalue weighted by molar-refractivity contribution is 6.11. The van der Waals surface area contributed by atoms with Crippen LogP contribution in [0.2, 0.25) is 0 Å². The number of benzene rings is 6. The van der Waals surface area contributed by atoms with Gasteiger partial charge in [-0.3, -0.25) is 9.59 Å². The minimum Gasteiger partial charge on any atom is -0.497 e. The Labute approximate surface area is 312 Å². The fourth-order valence-corrected chi connectivity index (χ4v) is 5.30. The van der Waals surface area contributed by atoms with Crippen molar-refractivity contribution in [2.24, 2.45) is 0 Å². The van der Waals surface area contributed by atoms with Gasteiger partial charge in [-0.05, 0) is 95.1 Å². The monoisotopic (exact) mass is 748 g/mol. The predicted octanol–water partition coefficient (Wildman–Crippen LogP) is 9.52. The Morgan fingerprint density at radius 2 is 0.873 bits per heavy atom. The molecule has 0 spiro atoms. The summed E-state index contributed by atoms with van der Waals surface area (Å²) in [5.41, 5.74) is 4.07. The number of hydrogen-bond donors (Lipinski definition) is 4. The van der Waals surface area contributed by atoms with Crippen LogP contribution in [-0.4, -0.2) is 47.4 Å². The van der Waals surface area contributed by atoms with E-state index in [0.29, 0.717) is 22.5 Å². The van der Waals surface area contributed by atoms with Gasteiger partial charge in [0.05, 0.1) is 29.4 Å². The van der Waals surface area contributed by atoms with Crippen LogP contribution in [0.25, 0.3) is 22.3 Å². The fraction of sp³-hybridized carbons (Fsp3) is 0.0476. The van der Waals surface area contributed by atoms with Gasteiger partial charge in [-0.2, -0.15) is 0 Å². The third-order valence-electron chi connectivity index (χ3n) is 7.89. The van der Waals surface area contributed by atoms with Gasteiger partial charge in [0.1, 0.15) is 11.5 Å². The minimum atomic E-state index is -4.78. The second-order valence-corrected chi connectivity index (χ2v) is 11.6. The standard InChI is InChI=1S/C21H14F3NO4.C21H17NO4/c22-21(23,24)29-16-5-3-4-14(12-16)13-8-10-15(11-9-13)25-19(26)17-6-1-2-7-18(17)20(27)28;1-26-17-6-4-5-15(13-17)14-9-11-16(12-10-14)22-20(23)18-7-2-3-8-19(18)21(24)25/h1-12H,(H,25,26)(H,27,28);2-13H,1H3,(H,22,23)(H,24,25). The summed E-state index contributed by atoms with van der Waals surface area (Å²) in [6.45, 7) is 0. The molecule has 0 aliphatic rings. The number of carboxylic acids is 2. The molecule has 0 radical (unpaired) electrons. The molecule has 4 N–H and O–H groups in total. The molecule has 0 aliphatic heterocycles. The van der Waals surface area contributed by atoms with E-state index in [9.17, 15) is 42.6 Å². The molecule has 0 saturated heterocycles. The molecule has 6 aromatic rings. The molecule has 13 heteroatoms. The molecule has 6 rings (SSSR count). The lowest BCUT2D eigenvalue weighted by molar-refractivity contribution is -0.274. The molecular formula is C42H31F3N2O8. The molecule has 278 valence electrons. The van der Waals surface area contributed by atoms with Crippen molar-refractivity contribution in [2.45, 2.75) is 6.36 Å². The highest BCUT2D eigenvalue weighted by atomic mass is 19.4. The average Bonchev–Trinajstić information content (AvgIpc) is 3.18. The van der Waals surface area contributed by atoms with E-state index in [1.54, 1.807) is 67.8 Å². The number of carboxylic acid groups (broad SMARTS) is 2. The van der Waals surface area contributed by atoms with E-state index in [1.807, 2.05) is 36.4 Å². The van der Waals surface area contributed by atoms with Crippen molar-refractivity contribution in [1.82, 2.24) is 0 Å². The van der Waals surface area contributed by atoms with Crippen LogP contribution < -0.4 is 20.1 Å². The number of carbonyl (C=O) groups excluding carboxylic acids is 2. The largest absolute Gasteiger partial charge is 0.573 e. The molecule has 0 aromatic heterocycles. The quantitative estimate of drug-likeness (QED) is 0.108. The van der Waals surface area contributed by atoms with E-state index in [2.05, 4.69) is 15.4 Å². The third kappa shape index (κ3) is 10.6. The molecule has 55 heavy (non-hydrogen) atoms. The van der Waals surface area contributed by atoms with Crippen molar-refractivity contribution in [3.63, 3.8) is 0 Å². The molecule has 0 fully saturated rings. The topological polar surface area (TPSA) is 151 Å². The Morgan fingerprint density at radius 3 is 1.25 bits per heavy atom. The van der Waals surface area contributed by atoms with Crippen LogP contribution in [0, 0.1) is 0 Å². The zero-order chi connectivity index (χ0) is 39.5. The molecule has 0 unspecified atom stereocenters. The first-order chi connectivity index (χ1) is 26.3. The van der Waals surface area contributed by atoms with Gasteiger partial charge < -0.3 is 30.3 Å². The van der Waals surface area contributed by atoms with Gasteiger partial charge in [-0.1, -0.05) is 72.8 Å². The predicted molar refractivity (Wildman–Crippen MR) is 200 cm³/mol. The number of alkyl halides is 3. The zero-order valence-electron chi connectivity index (χ0n) is 28.8. The van der Waals surface area contributed by atoms with Crippen molar-refractivity contribution in [3.8, 4) is 33.8 Å². The van der Waals surface area contributed by atoms with Gasteiger partial charge in [0.2, 0.25) is 0 Å². The average molecular weight is 749 g/mol. The van der Waals surface area contributed by atoms with E-state index in [0.717, 1.165) is 16.9 Å². The molecule has 6 aromatic carbocycles. The smallest absolute Gasteiger partial charge is 0.497 e. The number of aromatic carboxylic acids is 2. The highest BCUT2D eigenvalue weighted by Crippen LogP contribution is 2.29. The van der Waals surface area contributed by atoms with Crippen LogP contribution in [0.3, 0.4) is 0 Å². The molecule has 2 amide bonds. The SMILES string of the molecule is COc1cccc(-c2ccc(NC(=O)c3ccccc3C(=O)O)cc2)c1.O=C(O)c1ccccc1C(=O)Nc1ccc(-c2cccc(OC(F)(F)F)c2)cc1. The molecule has 0 saturated carbocycles. The summed E-state index contributed by atoms with van der Waals surface area (Å²) in [4.78, 5) is 47.2. The first kappa shape index (κ1) is 38.8. The normalized spacial score (nSPS) is 10.6. The molecule has 0 heterocycles. The van der Waals surface area contributed by atoms with E-state index in [4.69, 9.17) is 4.74 Å². The van der Waals surface area contributed by atoms with Crippen LogP contribution in [0.5, 0.6) is 11.5 Å². The van der Waals surface area contributed by atoms with Crippen molar-refractivity contribution < 1.29 is 52.0 Å². The van der Waals surface area contributed by atoms with E-state index < -0.39 is 30.1 Å². The Hall–Kier alpha value is -7.41. The summed E-state index contributed by atoms with van der Waals surface area (Å²) in [6.07, 6.45) is -4.78. The van der Waals surface area contributed by atoms with Crippen LogP contribution >= 0.6 is 0 Å². The maximum atomic E-state index is 12.4. The van der Waals surface area contributed by atoms with Gasteiger partial charge in [-0.15, -0.1) is 13.2 Å². The number of carbonyl (C=O) groups is 4. The number of halogens is 3. The summed E-state index contributed by atoms with van der Waals surface area (Å²) in [5, 5.41) is 23.7. The van der Waals surface area contributed by atoms with E-state index >= 15 is 0 Å². The van der Waals surface area contributed by atoms with E-state index in [-0.39, 0.29) is 28.0 Å². The Kier molecular flexibility index (Phi) is 12.3. The minimum absolute atomic E-state index is 0.0149. The summed E-state index contributed by atoms with van der Waals surface area (Å²) in [5.74, 6) is -2.97. The number of ether oxygens (including phenoxy) is 2. The maximum Gasteiger partial charge on any atom is 0.573 e. The maximum absolute atomic E-state index is 12.4. The van der Waals surface area contributed by atoms with Crippen LogP contribution in [0.15, 0.2) is 146 Å². The number of hydrogen-bond acceptors (Lipinski definition) is 6. The van der Waals surface area contributed by atoms with Gasteiger partial charge in [-0.25, -0.2) is 9.59 Å². The Bertz CT molecular complexity index is 2330. The molecule has 0 aliphatic carbocycles. The lowest BCUT2D eigenvalue weighted by atomic mass is 10.0. The number of rotatable bonds is 10. The van der Waals surface area contributed by atoms with Gasteiger partial charge in [0.25, 0.3) is 11.8 Å². The summed E-state index contributed by atoms with van der Waals surface area (Å²) >= 11 is 0. The zero-order valence-corrected chi connectivity index (χ0v) is 28.8. The molecule has 0 atom stereocenters. The van der Waals surface area contributed by atoms with Crippen LogP contribution in [0.4, 0.5) is 24.5 Å².